The summed E-state index contributed by atoms with van der Waals surface area (Å²) >= 11 is 0. The van der Waals surface area contributed by atoms with Crippen molar-refractivity contribution in [3.05, 3.63) is 59.9 Å². The lowest BCUT2D eigenvalue weighted by Crippen LogP contribution is -2.31. The minimum atomic E-state index is -4.57. The first kappa shape index (κ1) is 17.3. The zero-order chi connectivity index (χ0) is 17.3. The van der Waals surface area contributed by atoms with Gasteiger partial charge in [-0.1, -0.05) is 6.07 Å². The van der Waals surface area contributed by atoms with Gasteiger partial charge in [0.05, 0.1) is 16.1 Å². The van der Waals surface area contributed by atoms with Crippen LogP contribution in [0, 0.1) is 5.82 Å². The van der Waals surface area contributed by atoms with E-state index < -0.39 is 27.6 Å². The number of anilines is 1. The number of benzene rings is 2. The van der Waals surface area contributed by atoms with Crippen LogP contribution in [0.2, 0.25) is 0 Å². The Balaban J connectivity index is 2.49. The van der Waals surface area contributed by atoms with Crippen molar-refractivity contribution in [1.29, 1.82) is 0 Å². The van der Waals surface area contributed by atoms with Crippen molar-refractivity contribution in [3.8, 4) is 0 Å². The van der Waals surface area contributed by atoms with Crippen LogP contribution in [0.25, 0.3) is 0 Å². The van der Waals surface area contributed by atoms with Crippen molar-refractivity contribution < 1.29 is 26.0 Å². The van der Waals surface area contributed by atoms with Crippen molar-refractivity contribution in [2.24, 2.45) is 0 Å². The molecule has 2 aromatic carbocycles. The molecule has 0 aliphatic heterocycles. The van der Waals surface area contributed by atoms with E-state index in [1.807, 2.05) is 0 Å². The van der Waals surface area contributed by atoms with Gasteiger partial charge in [-0.3, -0.25) is 4.31 Å². The van der Waals surface area contributed by atoms with Crippen LogP contribution in [-0.4, -0.2) is 15.0 Å². The lowest BCUT2D eigenvalue weighted by atomic mass is 10.2. The van der Waals surface area contributed by atoms with Gasteiger partial charge < -0.3 is 0 Å². The molecule has 124 valence electrons. The van der Waals surface area contributed by atoms with Crippen LogP contribution in [0.5, 0.6) is 0 Å². The van der Waals surface area contributed by atoms with Crippen molar-refractivity contribution in [1.82, 2.24) is 0 Å². The number of sulfonamides is 1. The minimum Gasteiger partial charge on any atom is -0.267 e. The molecule has 0 heterocycles. The lowest BCUT2D eigenvalue weighted by molar-refractivity contribution is -0.137. The van der Waals surface area contributed by atoms with Crippen molar-refractivity contribution in [3.63, 3.8) is 0 Å². The topological polar surface area (TPSA) is 37.4 Å². The average Bonchev–Trinajstić information content (AvgIpc) is 2.47. The number of alkyl halides is 3. The molecule has 0 amide bonds. The maximum absolute atomic E-state index is 12.9. The van der Waals surface area contributed by atoms with Crippen molar-refractivity contribution >= 4 is 15.7 Å². The summed E-state index contributed by atoms with van der Waals surface area (Å²) in [5.41, 5.74) is -1.05. The molecule has 0 unspecified atom stereocenters. The minimum absolute atomic E-state index is 0.0684. The third-order valence-electron chi connectivity index (χ3n) is 3.15. The molecule has 8 heteroatoms. The van der Waals surface area contributed by atoms with E-state index in [4.69, 9.17) is 0 Å². The second-order valence-electron chi connectivity index (χ2n) is 4.67. The molecule has 2 aromatic rings. The highest BCUT2D eigenvalue weighted by molar-refractivity contribution is 7.92. The van der Waals surface area contributed by atoms with Gasteiger partial charge >= 0.3 is 6.18 Å². The van der Waals surface area contributed by atoms with Crippen molar-refractivity contribution in [2.75, 3.05) is 10.8 Å². The van der Waals surface area contributed by atoms with Gasteiger partial charge in [0.2, 0.25) is 0 Å². The van der Waals surface area contributed by atoms with E-state index >= 15 is 0 Å². The summed E-state index contributed by atoms with van der Waals surface area (Å²) < 4.78 is 77.3. The molecule has 0 aliphatic carbocycles. The van der Waals surface area contributed by atoms with Crippen LogP contribution in [0.3, 0.4) is 0 Å². The Kier molecular flexibility index (Phi) is 4.65. The third-order valence-corrected chi connectivity index (χ3v) is 5.07. The summed E-state index contributed by atoms with van der Waals surface area (Å²) in [6.45, 7) is 1.43. The summed E-state index contributed by atoms with van der Waals surface area (Å²) in [5, 5.41) is 0. The molecule has 2 rings (SSSR count). The normalized spacial score (nSPS) is 12.2. The van der Waals surface area contributed by atoms with Crippen LogP contribution in [0.15, 0.2) is 53.4 Å². The predicted octanol–water partition coefficient (Wildman–Crippen LogP) is 4.06. The lowest BCUT2D eigenvalue weighted by Gasteiger charge is -2.23. The van der Waals surface area contributed by atoms with E-state index in [-0.39, 0.29) is 17.1 Å². The highest BCUT2D eigenvalue weighted by Gasteiger charge is 2.32. The van der Waals surface area contributed by atoms with Gasteiger partial charge in [0, 0.05) is 6.54 Å². The smallest absolute Gasteiger partial charge is 0.267 e. The summed E-state index contributed by atoms with van der Waals surface area (Å²) in [4.78, 5) is -0.196. The summed E-state index contributed by atoms with van der Waals surface area (Å²) in [7, 11) is -4.08. The average molecular weight is 347 g/mol. The molecular weight excluding hydrogens is 334 g/mol. The van der Waals surface area contributed by atoms with Gasteiger partial charge in [0.25, 0.3) is 10.0 Å². The van der Waals surface area contributed by atoms with Gasteiger partial charge in [0.15, 0.2) is 0 Å². The fraction of sp³-hybridized carbons (Fsp3) is 0.200. The Morgan fingerprint density at radius 2 is 1.65 bits per heavy atom. The van der Waals surface area contributed by atoms with Crippen LogP contribution < -0.4 is 4.31 Å². The number of hydrogen-bond acceptors (Lipinski definition) is 2. The van der Waals surface area contributed by atoms with Crippen molar-refractivity contribution in [2.45, 2.75) is 18.0 Å². The van der Waals surface area contributed by atoms with Crippen LogP contribution >= 0.6 is 0 Å². The first-order valence-corrected chi connectivity index (χ1v) is 8.06. The quantitative estimate of drug-likeness (QED) is 0.782. The molecule has 0 N–H and O–H groups in total. The molecular formula is C15H13F4NO2S. The number of halogens is 4. The molecule has 3 nitrogen and oxygen atoms in total. The summed E-state index contributed by atoms with van der Waals surface area (Å²) in [6.07, 6.45) is -4.57. The first-order chi connectivity index (χ1) is 10.7. The Hall–Kier alpha value is -2.09. The second-order valence-corrected chi connectivity index (χ2v) is 6.53. The zero-order valence-electron chi connectivity index (χ0n) is 12.0. The largest absolute Gasteiger partial charge is 0.416 e. The van der Waals surface area contributed by atoms with Crippen LogP contribution in [0.4, 0.5) is 23.2 Å². The highest BCUT2D eigenvalue weighted by atomic mass is 32.2. The molecule has 0 saturated carbocycles. The number of nitrogens with zero attached hydrogens (tertiary/aromatic N) is 1. The van der Waals surface area contributed by atoms with E-state index in [0.29, 0.717) is 0 Å². The van der Waals surface area contributed by atoms with Crippen LogP contribution in [0.1, 0.15) is 12.5 Å². The Bertz CT molecular complexity index is 786. The van der Waals surface area contributed by atoms with E-state index in [2.05, 4.69) is 0 Å². The van der Waals surface area contributed by atoms with Gasteiger partial charge in [-0.2, -0.15) is 13.2 Å². The van der Waals surface area contributed by atoms with E-state index in [9.17, 15) is 26.0 Å². The molecule has 0 fully saturated rings. The highest BCUT2D eigenvalue weighted by Crippen LogP contribution is 2.33. The molecule has 0 saturated heterocycles. The number of hydrogen-bond donors (Lipinski definition) is 0. The van der Waals surface area contributed by atoms with Gasteiger partial charge in [-0.05, 0) is 49.4 Å². The van der Waals surface area contributed by atoms with E-state index in [1.165, 1.54) is 13.0 Å². The first-order valence-electron chi connectivity index (χ1n) is 6.62. The molecule has 0 atom stereocenters. The van der Waals surface area contributed by atoms with Gasteiger partial charge in [-0.25, -0.2) is 12.8 Å². The summed E-state index contributed by atoms with van der Waals surface area (Å²) in [5.74, 6) is -0.605. The zero-order valence-corrected chi connectivity index (χ0v) is 12.8. The fourth-order valence-corrected chi connectivity index (χ4v) is 3.53. The monoisotopic (exact) mass is 347 g/mol. The molecule has 0 spiro atoms. The Labute approximate surface area is 131 Å². The predicted molar refractivity (Wildman–Crippen MR) is 78.0 cm³/mol. The molecule has 0 aromatic heterocycles. The molecule has 0 aliphatic rings. The maximum atomic E-state index is 12.9. The Morgan fingerprint density at radius 1 is 1.04 bits per heavy atom. The fourth-order valence-electron chi connectivity index (χ4n) is 2.06. The molecule has 23 heavy (non-hydrogen) atoms. The van der Waals surface area contributed by atoms with Crippen LogP contribution in [-0.2, 0) is 16.2 Å². The molecule has 0 bridgehead atoms. The van der Waals surface area contributed by atoms with E-state index in [1.54, 1.807) is 0 Å². The van der Waals surface area contributed by atoms with Gasteiger partial charge in [-0.15, -0.1) is 0 Å². The summed E-state index contributed by atoms with van der Waals surface area (Å²) in [6, 6.07) is 8.15. The molecule has 0 radical (unpaired) electrons. The number of rotatable bonds is 4. The maximum Gasteiger partial charge on any atom is 0.416 e. The SMILES string of the molecule is CCN(c1cccc(C(F)(F)F)c1)S(=O)(=O)c1ccc(F)cc1. The van der Waals surface area contributed by atoms with E-state index in [0.717, 1.165) is 46.8 Å². The van der Waals surface area contributed by atoms with Gasteiger partial charge in [0.1, 0.15) is 5.82 Å². The second kappa shape index (κ2) is 6.19. The third kappa shape index (κ3) is 3.64. The Morgan fingerprint density at radius 3 is 2.17 bits per heavy atom. The standard InChI is InChI=1S/C15H13F4NO2S/c1-2-20(13-5-3-4-11(10-13)15(17,18)19)23(21,22)14-8-6-12(16)7-9-14/h3-10H,2H2,1H3.